The van der Waals surface area contributed by atoms with Crippen LogP contribution in [0.15, 0.2) is 94.1 Å². The first kappa shape index (κ1) is 19.2. The molecule has 7 rings (SSSR count). The summed E-state index contributed by atoms with van der Waals surface area (Å²) in [5.74, 6) is 1.22. The number of thiophene rings is 3. The molecule has 2 aliphatic heterocycles. The fraction of sp³-hybridized carbons (Fsp3) is 0.0417. The van der Waals surface area contributed by atoms with Crippen LogP contribution in [0.5, 0.6) is 0 Å². The molecule has 5 heterocycles. The molecule has 0 atom stereocenters. The lowest BCUT2D eigenvalue weighted by Crippen LogP contribution is -1.94. The fourth-order valence-corrected chi connectivity index (χ4v) is 9.42. The second-order valence-corrected chi connectivity index (χ2v) is 12.3. The summed E-state index contributed by atoms with van der Waals surface area (Å²) in [5, 5.41) is 12.4. The minimum Gasteiger partial charge on any atom is -0.149 e. The number of benzene rings is 2. The van der Waals surface area contributed by atoms with Gasteiger partial charge in [0.2, 0.25) is 0 Å². The molecule has 0 unspecified atom stereocenters. The van der Waals surface area contributed by atoms with Crippen LogP contribution < -0.4 is 5.22 Å². The predicted molar refractivity (Wildman–Crippen MR) is 138 cm³/mol. The molecule has 0 N–H and O–H groups in total. The third-order valence-electron chi connectivity index (χ3n) is 4.74. The molecule has 3 aromatic heterocycles. The molecule has 2 aromatic carbocycles. The summed E-state index contributed by atoms with van der Waals surface area (Å²) in [6.45, 7) is 0. The van der Waals surface area contributed by atoms with Gasteiger partial charge in [-0.25, -0.2) is 0 Å². The van der Waals surface area contributed by atoms with Gasteiger partial charge in [0.05, 0.1) is 9.13 Å². The molecule has 0 nitrogen and oxygen atoms in total. The van der Waals surface area contributed by atoms with Crippen LogP contribution in [-0.4, -0.2) is 14.9 Å². The quantitative estimate of drug-likeness (QED) is 0.223. The third-order valence-corrected chi connectivity index (χ3v) is 10.7. The van der Waals surface area contributed by atoms with E-state index in [4.69, 9.17) is 0 Å². The van der Waals surface area contributed by atoms with E-state index >= 15 is 0 Å². The van der Waals surface area contributed by atoms with E-state index in [2.05, 4.69) is 88.9 Å². The number of thioether (sulfide) groups is 1. The Morgan fingerprint density at radius 2 is 1.28 bits per heavy atom. The van der Waals surface area contributed by atoms with Crippen molar-refractivity contribution in [3.05, 3.63) is 103 Å². The molecule has 0 saturated carbocycles. The van der Waals surface area contributed by atoms with Gasteiger partial charge in [0.25, 0.3) is 0 Å². The first-order valence-electron chi connectivity index (χ1n) is 9.36. The summed E-state index contributed by atoms with van der Waals surface area (Å²) >= 11 is 7.52. The van der Waals surface area contributed by atoms with Crippen molar-refractivity contribution in [3.8, 4) is 0 Å². The summed E-state index contributed by atoms with van der Waals surface area (Å²) in [6.07, 6.45) is 2.40. The van der Waals surface area contributed by atoms with E-state index in [1.807, 2.05) is 23.1 Å². The largest absolute Gasteiger partial charge is 0.149 e. The Bertz CT molecular complexity index is 1290. The zero-order chi connectivity index (χ0) is 19.5. The maximum Gasteiger partial charge on any atom is 0.0535 e. The standard InChI is InChI=1S/C8H6S2Si.2C8H6S/c1-3-10-8-5(1)7-6(11-8)2-4-9-7;2*1-2-4-8-7(3-1)5-6-9-8/h1-3,11H,4H2;2*1-6H. The zero-order valence-corrected chi connectivity index (χ0v) is 20.0. The van der Waals surface area contributed by atoms with E-state index in [0.29, 0.717) is 9.13 Å². The van der Waals surface area contributed by atoms with Gasteiger partial charge in [-0.1, -0.05) is 42.5 Å². The minimum absolute atomic E-state index is 0.472. The van der Waals surface area contributed by atoms with Crippen LogP contribution in [0.3, 0.4) is 0 Å². The van der Waals surface area contributed by atoms with Gasteiger partial charge in [-0.15, -0.1) is 45.8 Å². The van der Waals surface area contributed by atoms with Crippen molar-refractivity contribution >= 4 is 80.0 Å². The first-order valence-corrected chi connectivity index (χ1v) is 14.1. The Kier molecular flexibility index (Phi) is 5.92. The van der Waals surface area contributed by atoms with Crippen molar-refractivity contribution in [3.63, 3.8) is 0 Å². The highest BCUT2D eigenvalue weighted by molar-refractivity contribution is 8.08. The van der Waals surface area contributed by atoms with Crippen LogP contribution in [-0.2, 0) is 0 Å². The van der Waals surface area contributed by atoms with Gasteiger partial charge in [-0.3, -0.25) is 0 Å². The molecule has 142 valence electrons. The van der Waals surface area contributed by atoms with E-state index in [1.165, 1.54) is 25.9 Å². The van der Waals surface area contributed by atoms with Gasteiger partial charge >= 0.3 is 0 Å². The van der Waals surface area contributed by atoms with Crippen LogP contribution in [0.1, 0.15) is 0 Å². The fourth-order valence-electron chi connectivity index (χ4n) is 3.32. The highest BCUT2D eigenvalue weighted by atomic mass is 32.2. The van der Waals surface area contributed by atoms with Crippen LogP contribution in [0.4, 0.5) is 0 Å². The average molecular weight is 463 g/mol. The first-order chi connectivity index (χ1) is 14.4. The number of rotatable bonds is 0. The van der Waals surface area contributed by atoms with Gasteiger partial charge in [0.15, 0.2) is 0 Å². The van der Waals surface area contributed by atoms with Crippen molar-refractivity contribution in [1.29, 1.82) is 0 Å². The molecule has 0 bridgehead atoms. The molecule has 0 fully saturated rings. The van der Waals surface area contributed by atoms with Crippen molar-refractivity contribution in [1.82, 2.24) is 0 Å². The SMILES string of the molecule is C1=C2[SiH]=c3sccc3=C2SC1.c1ccc2sccc2c1.c1ccc2sccc2c1. The Morgan fingerprint density at radius 3 is 1.93 bits per heavy atom. The van der Waals surface area contributed by atoms with Gasteiger partial charge in [-0.2, -0.15) is 0 Å². The maximum atomic E-state index is 2.40. The molecular weight excluding hydrogens is 445 g/mol. The van der Waals surface area contributed by atoms with Crippen LogP contribution in [0.2, 0.25) is 0 Å². The molecule has 0 amide bonds. The number of fused-ring (bicyclic) bond motifs is 4. The molecule has 5 heteroatoms. The van der Waals surface area contributed by atoms with Gasteiger partial charge in [-0.05, 0) is 62.4 Å². The molecule has 29 heavy (non-hydrogen) atoms. The smallest absolute Gasteiger partial charge is 0.0535 e. The van der Waals surface area contributed by atoms with Crippen molar-refractivity contribution in [2.24, 2.45) is 0 Å². The van der Waals surface area contributed by atoms with Gasteiger partial charge in [0, 0.05) is 29.4 Å². The van der Waals surface area contributed by atoms with Crippen LogP contribution >= 0.6 is 45.8 Å². The lowest BCUT2D eigenvalue weighted by Gasteiger charge is -1.89. The Morgan fingerprint density at radius 1 is 0.655 bits per heavy atom. The third kappa shape index (κ3) is 4.25. The molecule has 0 spiro atoms. The Hall–Kier alpha value is -1.76. The lowest BCUT2D eigenvalue weighted by molar-refractivity contribution is 1.78. The lowest BCUT2D eigenvalue weighted by atomic mass is 10.3. The minimum atomic E-state index is 0.472. The van der Waals surface area contributed by atoms with Crippen LogP contribution in [0.25, 0.3) is 25.1 Å². The molecular formula is C24H18S4Si. The zero-order valence-electron chi connectivity index (χ0n) is 15.6. The van der Waals surface area contributed by atoms with Crippen molar-refractivity contribution in [2.75, 3.05) is 5.75 Å². The van der Waals surface area contributed by atoms with Gasteiger partial charge in [0.1, 0.15) is 0 Å². The molecule has 2 aliphatic rings. The molecule has 5 aromatic rings. The predicted octanol–water partition coefficient (Wildman–Crippen LogP) is 6.99. The summed E-state index contributed by atoms with van der Waals surface area (Å²) in [7, 11) is 0.472. The van der Waals surface area contributed by atoms with Crippen molar-refractivity contribution in [2.45, 2.75) is 0 Å². The highest BCUT2D eigenvalue weighted by Crippen LogP contribution is 2.32. The maximum absolute atomic E-state index is 2.40. The number of hydrogen-bond acceptors (Lipinski definition) is 4. The second-order valence-electron chi connectivity index (χ2n) is 6.56. The normalized spacial score (nSPS) is 13.7. The summed E-state index contributed by atoms with van der Waals surface area (Å²) in [4.78, 5) is 1.59. The Balaban J connectivity index is 0.0000000947. The van der Waals surface area contributed by atoms with Crippen molar-refractivity contribution < 1.29 is 0 Å². The summed E-state index contributed by atoms with van der Waals surface area (Å²) in [6, 6.07) is 23.4. The molecule has 0 aliphatic carbocycles. The molecule has 0 saturated heterocycles. The second kappa shape index (κ2) is 8.94. The van der Waals surface area contributed by atoms with E-state index in [9.17, 15) is 0 Å². The van der Waals surface area contributed by atoms with E-state index in [1.54, 1.807) is 42.1 Å². The summed E-state index contributed by atoms with van der Waals surface area (Å²) < 4.78 is 4.40. The highest BCUT2D eigenvalue weighted by Gasteiger charge is 2.15. The van der Waals surface area contributed by atoms with E-state index < -0.39 is 0 Å². The van der Waals surface area contributed by atoms with E-state index in [0.717, 1.165) is 0 Å². The topological polar surface area (TPSA) is 0 Å². The molecule has 0 radical (unpaired) electrons. The average Bonchev–Trinajstić information content (AvgIpc) is 3.56. The summed E-state index contributed by atoms with van der Waals surface area (Å²) in [5.41, 5.74) is 0. The Labute approximate surface area is 188 Å². The van der Waals surface area contributed by atoms with Crippen LogP contribution in [0, 0.1) is 4.13 Å². The number of hydrogen-bond donors (Lipinski definition) is 0. The monoisotopic (exact) mass is 462 g/mol. The van der Waals surface area contributed by atoms with Gasteiger partial charge < -0.3 is 0 Å². The van der Waals surface area contributed by atoms with E-state index in [-0.39, 0.29) is 0 Å².